The van der Waals surface area contributed by atoms with Crippen molar-refractivity contribution in [2.75, 3.05) is 25.0 Å². The van der Waals surface area contributed by atoms with Gasteiger partial charge in [-0.25, -0.2) is 9.37 Å². The Morgan fingerprint density at radius 1 is 1.16 bits per heavy atom. The van der Waals surface area contributed by atoms with E-state index in [0.717, 1.165) is 15.5 Å². The smallest absolute Gasteiger partial charge is 0.283 e. The maximum absolute atomic E-state index is 14.4. The number of carbonyl (C=O) groups is 6. The van der Waals surface area contributed by atoms with Crippen molar-refractivity contribution in [1.82, 2.24) is 29.8 Å². The van der Waals surface area contributed by atoms with Gasteiger partial charge in [-0.3, -0.25) is 43.4 Å². The summed E-state index contributed by atoms with van der Waals surface area (Å²) in [4.78, 5) is 83.5. The molecule has 1 aromatic carbocycles. The molecule has 2 unspecified atom stereocenters. The van der Waals surface area contributed by atoms with Crippen molar-refractivity contribution >= 4 is 46.8 Å². The van der Waals surface area contributed by atoms with E-state index >= 15 is 0 Å². The number of likely N-dealkylation sites (N-methyl/N-ethyl adjacent to an activating group) is 1. The van der Waals surface area contributed by atoms with E-state index in [4.69, 9.17) is 0 Å². The average Bonchev–Trinajstić information content (AvgIpc) is 3.52. The summed E-state index contributed by atoms with van der Waals surface area (Å²) in [6, 6.07) is 7.46. The molecule has 0 spiro atoms. The monoisotopic (exact) mass is 603 g/mol. The lowest BCUT2D eigenvalue weighted by molar-refractivity contribution is -0.139. The summed E-state index contributed by atoms with van der Waals surface area (Å²) in [5.41, 5.74) is 1.92. The molecule has 3 aromatic rings. The van der Waals surface area contributed by atoms with Gasteiger partial charge in [0.2, 0.25) is 17.7 Å². The van der Waals surface area contributed by atoms with Crippen LogP contribution in [0.2, 0.25) is 0 Å². The molecule has 0 saturated carbocycles. The topological polar surface area (TPSA) is 162 Å². The van der Waals surface area contributed by atoms with E-state index in [1.165, 1.54) is 12.3 Å². The fraction of sp³-hybridized carbons (Fsp3) is 0.300. The molecule has 0 bridgehead atoms. The molecular formula is C30H30FN7O6. The van der Waals surface area contributed by atoms with Gasteiger partial charge in [0.25, 0.3) is 17.7 Å². The van der Waals surface area contributed by atoms with Crippen LogP contribution in [0.5, 0.6) is 0 Å². The Hall–Kier alpha value is -5.40. The van der Waals surface area contributed by atoms with Crippen LogP contribution in [0, 0.1) is 6.92 Å². The highest BCUT2D eigenvalue weighted by Crippen LogP contribution is 2.32. The van der Waals surface area contributed by atoms with Crippen LogP contribution in [0.15, 0.2) is 55.0 Å². The number of nitrogens with zero attached hydrogens (tertiary/aromatic N) is 4. The largest absolute Gasteiger partial charge is 0.383 e. The third-order valence-corrected chi connectivity index (χ3v) is 7.57. The molecular weight excluding hydrogens is 573 g/mol. The average molecular weight is 604 g/mol. The second-order valence-electron chi connectivity index (χ2n) is 10.3. The van der Waals surface area contributed by atoms with Gasteiger partial charge in [0.1, 0.15) is 11.7 Å². The van der Waals surface area contributed by atoms with Gasteiger partial charge in [0.05, 0.1) is 23.0 Å². The molecule has 2 aliphatic heterocycles. The van der Waals surface area contributed by atoms with E-state index in [1.807, 2.05) is 0 Å². The van der Waals surface area contributed by atoms with Gasteiger partial charge in [-0.2, -0.15) is 0 Å². The fourth-order valence-corrected chi connectivity index (χ4v) is 5.61. The molecule has 0 aliphatic carbocycles. The van der Waals surface area contributed by atoms with E-state index in [1.54, 1.807) is 48.6 Å². The minimum atomic E-state index is -1.29. The van der Waals surface area contributed by atoms with Gasteiger partial charge in [0, 0.05) is 37.4 Å². The predicted molar refractivity (Wildman–Crippen MR) is 155 cm³/mol. The molecule has 2 atom stereocenters. The molecule has 2 aromatic heterocycles. The Kier molecular flexibility index (Phi) is 8.25. The lowest BCUT2D eigenvalue weighted by Gasteiger charge is -2.30. The number of fused-ring (bicyclic) bond motifs is 2. The third kappa shape index (κ3) is 5.29. The van der Waals surface area contributed by atoms with Gasteiger partial charge < -0.3 is 15.5 Å². The summed E-state index contributed by atoms with van der Waals surface area (Å²) in [6.45, 7) is 6.63. The zero-order valence-electron chi connectivity index (χ0n) is 24.1. The Bertz CT molecular complexity index is 1730. The Balaban J connectivity index is 1.43. The van der Waals surface area contributed by atoms with Crippen molar-refractivity contribution in [3.8, 4) is 0 Å². The molecule has 0 radical (unpaired) electrons. The number of nitrogens with one attached hydrogen (secondary N) is 3. The van der Waals surface area contributed by atoms with Crippen LogP contribution in [0.4, 0.5) is 10.1 Å². The van der Waals surface area contributed by atoms with E-state index in [9.17, 15) is 33.2 Å². The second kappa shape index (κ2) is 12.1. The lowest BCUT2D eigenvalue weighted by Crippen LogP contribution is -2.54. The molecule has 1 fully saturated rings. The number of benzene rings is 1. The van der Waals surface area contributed by atoms with Crippen molar-refractivity contribution < 1.29 is 33.2 Å². The number of anilines is 1. The van der Waals surface area contributed by atoms with Gasteiger partial charge >= 0.3 is 0 Å². The number of hydrogen-bond acceptors (Lipinski definition) is 8. The molecule has 6 amide bonds. The van der Waals surface area contributed by atoms with Crippen LogP contribution < -0.4 is 16.0 Å². The number of imidazole rings is 1. The van der Waals surface area contributed by atoms with Crippen molar-refractivity contribution in [1.29, 1.82) is 0 Å². The molecule has 228 valence electrons. The van der Waals surface area contributed by atoms with E-state index < -0.39 is 53.4 Å². The van der Waals surface area contributed by atoms with Crippen LogP contribution in [0.1, 0.15) is 57.9 Å². The van der Waals surface area contributed by atoms with E-state index in [-0.39, 0.29) is 49.3 Å². The minimum Gasteiger partial charge on any atom is -0.383 e. The standard InChI is InChI=1S/C30H30FN7O6/c1-4-32-27(41)25(21-15-34-22-10-5-7-16(2)37(21)22)36(28(42)17(3)31)14-13-33-19-9-6-8-18-24(19)30(44)38(29(18)43)20-11-12-23(39)35-26(20)40/h5-10,15,20,25,33H,3-4,11-14H2,1-2H3,(H,32,41)(H,35,39,40). The van der Waals surface area contributed by atoms with E-state index in [2.05, 4.69) is 27.5 Å². The van der Waals surface area contributed by atoms with Crippen LogP contribution in [-0.2, 0) is 19.2 Å². The van der Waals surface area contributed by atoms with Gasteiger partial charge in [-0.15, -0.1) is 0 Å². The summed E-state index contributed by atoms with van der Waals surface area (Å²) < 4.78 is 16.1. The Morgan fingerprint density at radius 2 is 1.91 bits per heavy atom. The summed E-state index contributed by atoms with van der Waals surface area (Å²) >= 11 is 0. The predicted octanol–water partition coefficient (Wildman–Crippen LogP) is 1.65. The second-order valence-corrected chi connectivity index (χ2v) is 10.3. The molecule has 2 aliphatic rings. The summed E-state index contributed by atoms with van der Waals surface area (Å²) in [6.07, 6.45) is 1.44. The van der Waals surface area contributed by atoms with Crippen molar-refractivity contribution in [3.63, 3.8) is 0 Å². The lowest BCUT2D eigenvalue weighted by atomic mass is 10.0. The first-order valence-electron chi connectivity index (χ1n) is 14.0. The molecule has 14 heteroatoms. The number of piperidine rings is 1. The quantitative estimate of drug-likeness (QED) is 0.233. The maximum atomic E-state index is 14.4. The SMILES string of the molecule is C=C(F)C(=O)N(CCNc1cccc2c1C(=O)N(C1CCC(=O)NC1=O)C2=O)C(C(=O)NCC)c1cnc2cccc(C)n12. The number of rotatable bonds is 10. The number of halogens is 1. The van der Waals surface area contributed by atoms with Gasteiger partial charge in [0.15, 0.2) is 11.9 Å². The van der Waals surface area contributed by atoms with Gasteiger partial charge in [-0.05, 0) is 44.5 Å². The molecule has 3 N–H and O–H groups in total. The van der Waals surface area contributed by atoms with Crippen molar-refractivity contribution in [3.05, 3.63) is 77.5 Å². The van der Waals surface area contributed by atoms with Crippen molar-refractivity contribution in [2.24, 2.45) is 0 Å². The van der Waals surface area contributed by atoms with Crippen LogP contribution >= 0.6 is 0 Å². The zero-order valence-corrected chi connectivity index (χ0v) is 24.1. The first-order chi connectivity index (χ1) is 21.0. The summed E-state index contributed by atoms with van der Waals surface area (Å²) in [5.74, 6) is -5.54. The number of amides is 6. The first kappa shape index (κ1) is 30.1. The minimum absolute atomic E-state index is 0.00699. The van der Waals surface area contributed by atoms with Crippen LogP contribution in [-0.4, -0.2) is 80.3 Å². The molecule has 1 saturated heterocycles. The summed E-state index contributed by atoms with van der Waals surface area (Å²) in [7, 11) is 0. The number of aryl methyl sites for hydroxylation is 1. The summed E-state index contributed by atoms with van der Waals surface area (Å²) in [5, 5.41) is 7.88. The fourth-order valence-electron chi connectivity index (χ4n) is 5.61. The normalized spacial score (nSPS) is 16.9. The zero-order chi connectivity index (χ0) is 31.7. The number of imide groups is 2. The van der Waals surface area contributed by atoms with Crippen LogP contribution in [0.25, 0.3) is 5.65 Å². The number of hydrogen-bond donors (Lipinski definition) is 3. The Labute approximate surface area is 251 Å². The number of carbonyl (C=O) groups excluding carboxylic acids is 6. The Morgan fingerprint density at radius 3 is 2.61 bits per heavy atom. The first-order valence-corrected chi connectivity index (χ1v) is 14.0. The maximum Gasteiger partial charge on any atom is 0.283 e. The molecule has 44 heavy (non-hydrogen) atoms. The molecule has 5 rings (SSSR count). The van der Waals surface area contributed by atoms with E-state index in [0.29, 0.717) is 11.3 Å². The number of aromatic nitrogens is 2. The highest BCUT2D eigenvalue weighted by molar-refractivity contribution is 6.25. The van der Waals surface area contributed by atoms with Gasteiger partial charge in [-0.1, -0.05) is 18.7 Å². The third-order valence-electron chi connectivity index (χ3n) is 7.57. The molecule has 4 heterocycles. The highest BCUT2D eigenvalue weighted by atomic mass is 19.1. The van der Waals surface area contributed by atoms with Crippen molar-refractivity contribution in [2.45, 2.75) is 38.8 Å². The number of pyridine rings is 1. The molecule has 13 nitrogen and oxygen atoms in total. The highest BCUT2D eigenvalue weighted by Gasteiger charge is 2.45. The van der Waals surface area contributed by atoms with Crippen LogP contribution in [0.3, 0.4) is 0 Å².